The third kappa shape index (κ3) is 4.34. The van der Waals surface area contributed by atoms with Gasteiger partial charge in [-0.15, -0.1) is 0 Å². The Morgan fingerprint density at radius 1 is 1.11 bits per heavy atom. The van der Waals surface area contributed by atoms with Gasteiger partial charge in [0.25, 0.3) is 11.8 Å². The molecule has 2 heterocycles. The van der Waals surface area contributed by atoms with Gasteiger partial charge in [0.1, 0.15) is 13.9 Å². The Hall–Kier alpha value is -3.07. The lowest BCUT2D eigenvalue weighted by molar-refractivity contribution is -0.154. The van der Waals surface area contributed by atoms with Gasteiger partial charge in [-0.25, -0.2) is 0 Å². The lowest BCUT2D eigenvalue weighted by Gasteiger charge is -2.38. The molecule has 2 aromatic carbocycles. The first-order valence-corrected chi connectivity index (χ1v) is 11.0. The number of carbonyl (C=O) groups is 4. The number of amides is 4. The minimum absolute atomic E-state index is 0.0964. The van der Waals surface area contributed by atoms with E-state index in [9.17, 15) is 28.0 Å². The highest BCUT2D eigenvalue weighted by molar-refractivity contribution is 6.34. The molecular formula is C22H14B4ClF2N3O4. The van der Waals surface area contributed by atoms with Crippen LogP contribution in [0.25, 0.3) is 0 Å². The van der Waals surface area contributed by atoms with Gasteiger partial charge in [0.15, 0.2) is 0 Å². The van der Waals surface area contributed by atoms with Crippen LogP contribution in [0.15, 0.2) is 42.5 Å². The number of hydrogen-bond donors (Lipinski definition) is 1. The number of nitrogens with zero attached hydrogens (tertiary/aromatic N) is 2. The molecule has 4 rings (SSSR count). The van der Waals surface area contributed by atoms with Crippen molar-refractivity contribution in [3.8, 4) is 0 Å². The monoisotopic (exact) mass is 501 g/mol. The second kappa shape index (κ2) is 9.42. The molecule has 36 heavy (non-hydrogen) atoms. The zero-order valence-corrected chi connectivity index (χ0v) is 19.3. The van der Waals surface area contributed by atoms with E-state index in [0.717, 1.165) is 17.0 Å². The van der Waals surface area contributed by atoms with Crippen molar-refractivity contribution in [3.05, 3.63) is 69.7 Å². The summed E-state index contributed by atoms with van der Waals surface area (Å²) in [6.07, 6.45) is 0. The molecule has 1 fully saturated rings. The molecule has 14 heteroatoms. The Morgan fingerprint density at radius 2 is 1.75 bits per heavy atom. The molecule has 0 aliphatic carbocycles. The van der Waals surface area contributed by atoms with Gasteiger partial charge in [0.05, 0.1) is 15.7 Å². The maximum Gasteiger partial charge on any atom is 0.348 e. The first-order chi connectivity index (χ1) is 16.8. The average molecular weight is 501 g/mol. The Bertz CT molecular complexity index is 1270. The van der Waals surface area contributed by atoms with Gasteiger partial charge >= 0.3 is 5.92 Å². The highest BCUT2D eigenvalue weighted by Gasteiger charge is 2.46. The Labute approximate surface area is 215 Å². The Morgan fingerprint density at radius 3 is 2.39 bits per heavy atom. The molecule has 0 aromatic heterocycles. The fourth-order valence-corrected chi connectivity index (χ4v) is 4.30. The third-order valence-corrected chi connectivity index (χ3v) is 6.50. The highest BCUT2D eigenvalue weighted by atomic mass is 35.5. The van der Waals surface area contributed by atoms with Gasteiger partial charge in [-0.1, -0.05) is 35.9 Å². The van der Waals surface area contributed by atoms with E-state index in [1.54, 1.807) is 0 Å². The first kappa shape index (κ1) is 26.0. The van der Waals surface area contributed by atoms with Crippen molar-refractivity contribution < 1.29 is 28.0 Å². The number of fused-ring (bicyclic) bond motifs is 1. The topological polar surface area (TPSA) is 86.8 Å². The summed E-state index contributed by atoms with van der Waals surface area (Å²) in [5.41, 5.74) is 0.144. The van der Waals surface area contributed by atoms with Gasteiger partial charge in [0, 0.05) is 28.6 Å². The zero-order chi connectivity index (χ0) is 26.5. The normalized spacial score (nSPS) is 22.7. The van der Waals surface area contributed by atoms with Crippen molar-refractivity contribution in [2.75, 3.05) is 0 Å². The molecule has 4 amide bonds. The van der Waals surface area contributed by atoms with Crippen molar-refractivity contribution in [3.63, 3.8) is 0 Å². The van der Waals surface area contributed by atoms with Crippen LogP contribution in [-0.4, -0.2) is 70.9 Å². The van der Waals surface area contributed by atoms with Crippen LogP contribution in [0.2, 0.25) is 16.7 Å². The van der Waals surface area contributed by atoms with Crippen LogP contribution in [0.5, 0.6) is 0 Å². The van der Waals surface area contributed by atoms with Crippen LogP contribution in [0.4, 0.5) is 8.78 Å². The summed E-state index contributed by atoms with van der Waals surface area (Å²) in [6, 6.07) is 7.37. The maximum atomic E-state index is 14.8. The van der Waals surface area contributed by atoms with Gasteiger partial charge in [0.2, 0.25) is 19.8 Å². The van der Waals surface area contributed by atoms with E-state index in [2.05, 4.69) is 5.32 Å². The van der Waals surface area contributed by atoms with E-state index in [-0.39, 0.29) is 27.5 Å². The molecule has 0 bridgehead atoms. The molecular weight excluding hydrogens is 487 g/mol. The fraction of sp³-hybridized carbons (Fsp3) is 0.273. The smallest absolute Gasteiger partial charge is 0.348 e. The standard InChI is InChI=1S/C22H14B4ClF2N3O4/c23-14-15(24)18(33)30-19(34)16(14)31-8-10-7-9(1-6-13(10)20(31)35)17(25)32(26)21(36)22(28,29)11-2-4-12(27)5-3-11/h1-7,14-17H,8H2,(H,30,33,34). The summed E-state index contributed by atoms with van der Waals surface area (Å²) in [4.78, 5) is 51.0. The Balaban J connectivity index is 1.55. The van der Waals surface area contributed by atoms with Crippen molar-refractivity contribution in [2.45, 2.75) is 36.1 Å². The lowest BCUT2D eigenvalue weighted by Crippen LogP contribution is -2.57. The molecule has 174 valence electrons. The fourth-order valence-electron chi connectivity index (χ4n) is 4.18. The number of nitrogens with one attached hydrogen (secondary N) is 1. The van der Waals surface area contributed by atoms with E-state index in [1.807, 2.05) is 0 Å². The maximum absolute atomic E-state index is 14.8. The van der Waals surface area contributed by atoms with Crippen molar-refractivity contribution >= 4 is 66.7 Å². The van der Waals surface area contributed by atoms with Crippen LogP contribution in [0.3, 0.4) is 0 Å². The summed E-state index contributed by atoms with van der Waals surface area (Å²) in [5.74, 6) is -11.6. The van der Waals surface area contributed by atoms with Gasteiger partial charge in [-0.2, -0.15) is 8.78 Å². The zero-order valence-electron chi connectivity index (χ0n) is 18.5. The second-order valence-electron chi connectivity index (χ2n) is 8.49. The molecule has 4 unspecified atom stereocenters. The van der Waals surface area contributed by atoms with E-state index in [0.29, 0.717) is 5.56 Å². The number of benzene rings is 2. The number of halogens is 3. The predicted molar refractivity (Wildman–Crippen MR) is 129 cm³/mol. The highest BCUT2D eigenvalue weighted by Crippen LogP contribution is 2.37. The van der Waals surface area contributed by atoms with Gasteiger partial charge in [-0.05, 0) is 41.0 Å². The molecule has 8 radical (unpaired) electrons. The summed E-state index contributed by atoms with van der Waals surface area (Å²) in [6.45, 7) is -0.0964. The molecule has 1 N–H and O–H groups in total. The minimum atomic E-state index is -3.98. The first-order valence-electron chi connectivity index (χ1n) is 10.6. The van der Waals surface area contributed by atoms with Crippen LogP contribution in [0.1, 0.15) is 33.0 Å². The molecule has 1 saturated heterocycles. The summed E-state index contributed by atoms with van der Waals surface area (Å²) >= 11 is 5.72. The minimum Gasteiger partial charge on any atom is -0.393 e. The van der Waals surface area contributed by atoms with Crippen molar-refractivity contribution in [1.29, 1.82) is 0 Å². The number of carbonyl (C=O) groups excluding carboxylic acids is 4. The summed E-state index contributed by atoms with van der Waals surface area (Å²) < 4.78 is 29.5. The third-order valence-electron chi connectivity index (χ3n) is 6.25. The number of alkyl halides is 2. The number of rotatable bonds is 5. The van der Waals surface area contributed by atoms with E-state index < -0.39 is 58.7 Å². The van der Waals surface area contributed by atoms with Crippen molar-refractivity contribution in [1.82, 2.24) is 15.0 Å². The van der Waals surface area contributed by atoms with Crippen LogP contribution in [-0.2, 0) is 26.9 Å². The molecule has 2 aliphatic rings. The largest absolute Gasteiger partial charge is 0.393 e. The number of piperidine rings is 1. The quantitative estimate of drug-likeness (QED) is 0.492. The second-order valence-corrected chi connectivity index (χ2v) is 8.93. The van der Waals surface area contributed by atoms with Crippen LogP contribution in [0, 0.1) is 0 Å². The number of imide groups is 1. The van der Waals surface area contributed by atoms with Gasteiger partial charge < -0.3 is 9.71 Å². The van der Waals surface area contributed by atoms with E-state index in [1.165, 1.54) is 30.3 Å². The van der Waals surface area contributed by atoms with Crippen molar-refractivity contribution in [2.24, 2.45) is 0 Å². The average Bonchev–Trinajstić information content (AvgIpc) is 3.16. The lowest BCUT2D eigenvalue weighted by atomic mass is 9.60. The molecule has 2 aromatic rings. The Kier molecular flexibility index (Phi) is 6.81. The molecule has 7 nitrogen and oxygen atoms in total. The molecule has 2 aliphatic heterocycles. The van der Waals surface area contributed by atoms with Crippen LogP contribution >= 0.6 is 11.6 Å². The number of hydrogen-bond acceptors (Lipinski definition) is 4. The molecule has 0 saturated carbocycles. The van der Waals surface area contributed by atoms with E-state index >= 15 is 0 Å². The predicted octanol–water partition coefficient (Wildman–Crippen LogP) is 1.11. The van der Waals surface area contributed by atoms with E-state index in [4.69, 9.17) is 43.1 Å². The summed E-state index contributed by atoms with van der Waals surface area (Å²) in [7, 11) is 23.4. The summed E-state index contributed by atoms with van der Waals surface area (Å²) in [5, 5.41) is 2.30. The van der Waals surface area contributed by atoms with Gasteiger partial charge in [-0.3, -0.25) is 24.5 Å². The van der Waals surface area contributed by atoms with Crippen LogP contribution < -0.4 is 5.32 Å². The molecule has 4 atom stereocenters. The SMILES string of the molecule is [B]C1C(=O)NC(=O)C(N2Cc3cc(C([B])N([B])C(=O)C(F)(F)c4ccc(Cl)cc4)ccc3C2=O)C1[B]. The molecule has 0 spiro atoms.